The van der Waals surface area contributed by atoms with Crippen LogP contribution >= 0.6 is 0 Å². The highest BCUT2D eigenvalue weighted by Crippen LogP contribution is 2.38. The Hall–Kier alpha value is -3.37. The van der Waals surface area contributed by atoms with Crippen LogP contribution in [0.2, 0.25) is 0 Å². The summed E-state index contributed by atoms with van der Waals surface area (Å²) in [6.07, 6.45) is 0. The van der Waals surface area contributed by atoms with Crippen LogP contribution in [0, 0.1) is 11.3 Å². The minimum atomic E-state index is 0.728. The lowest BCUT2D eigenvalue weighted by Gasteiger charge is -2.14. The molecule has 1 nitrogen and oxygen atoms in total. The number of benzene rings is 4. The van der Waals surface area contributed by atoms with Crippen molar-refractivity contribution in [3.05, 3.63) is 96.6 Å². The Morgan fingerprint density at radius 3 is 1.88 bits per heavy atom. The molecule has 0 aromatic heterocycles. The zero-order chi connectivity index (χ0) is 16.4. The molecule has 1 heteroatoms. The summed E-state index contributed by atoms with van der Waals surface area (Å²) < 4.78 is 0. The molecule has 0 radical (unpaired) electrons. The maximum absolute atomic E-state index is 9.93. The van der Waals surface area contributed by atoms with Gasteiger partial charge in [-0.3, -0.25) is 0 Å². The zero-order valence-electron chi connectivity index (χ0n) is 13.1. The highest BCUT2D eigenvalue weighted by molar-refractivity contribution is 6.03. The number of fused-ring (bicyclic) bond motifs is 1. The summed E-state index contributed by atoms with van der Waals surface area (Å²) >= 11 is 0. The molecule has 4 aromatic rings. The summed E-state index contributed by atoms with van der Waals surface area (Å²) in [6.45, 7) is 0. The molecule has 0 N–H and O–H groups in total. The summed E-state index contributed by atoms with van der Waals surface area (Å²) in [5.41, 5.74) is 4.86. The van der Waals surface area contributed by atoms with Crippen LogP contribution in [0.15, 0.2) is 91.0 Å². The van der Waals surface area contributed by atoms with E-state index in [-0.39, 0.29) is 0 Å². The Morgan fingerprint density at radius 2 is 1.21 bits per heavy atom. The Labute approximate surface area is 141 Å². The lowest BCUT2D eigenvalue weighted by atomic mass is 9.88. The van der Waals surface area contributed by atoms with E-state index >= 15 is 0 Å². The summed E-state index contributed by atoms with van der Waals surface area (Å²) in [5.74, 6) is 0. The Kier molecular flexibility index (Phi) is 3.57. The topological polar surface area (TPSA) is 23.8 Å². The maximum Gasteiger partial charge on any atom is 0.100 e. The first kappa shape index (κ1) is 14.2. The van der Waals surface area contributed by atoms with Gasteiger partial charge in [0.05, 0.1) is 5.56 Å². The van der Waals surface area contributed by atoms with Gasteiger partial charge in [-0.05, 0) is 28.0 Å². The van der Waals surface area contributed by atoms with E-state index in [4.69, 9.17) is 0 Å². The van der Waals surface area contributed by atoms with Crippen LogP contribution < -0.4 is 0 Å². The molecule has 112 valence electrons. The van der Waals surface area contributed by atoms with Gasteiger partial charge in [0.1, 0.15) is 6.07 Å². The lowest BCUT2D eigenvalue weighted by molar-refractivity contribution is 1.48. The second-order valence-corrected chi connectivity index (χ2v) is 5.74. The number of hydrogen-bond donors (Lipinski definition) is 0. The van der Waals surface area contributed by atoms with Gasteiger partial charge in [0, 0.05) is 11.1 Å². The van der Waals surface area contributed by atoms with Crippen LogP contribution in [0.5, 0.6) is 0 Å². The van der Waals surface area contributed by atoms with Gasteiger partial charge in [0.25, 0.3) is 0 Å². The molecule has 0 atom stereocenters. The van der Waals surface area contributed by atoms with E-state index in [1.807, 2.05) is 48.5 Å². The second kappa shape index (κ2) is 6.02. The molecule has 0 aliphatic rings. The molecule has 24 heavy (non-hydrogen) atoms. The van der Waals surface area contributed by atoms with Crippen LogP contribution in [0.4, 0.5) is 0 Å². The van der Waals surface area contributed by atoms with Gasteiger partial charge < -0.3 is 0 Å². The molecule has 0 bridgehead atoms. The average Bonchev–Trinajstić information content (AvgIpc) is 2.67. The summed E-state index contributed by atoms with van der Waals surface area (Å²) in [4.78, 5) is 0. The van der Waals surface area contributed by atoms with E-state index in [0.717, 1.165) is 38.6 Å². The summed E-state index contributed by atoms with van der Waals surface area (Å²) in [5, 5.41) is 12.2. The molecule has 0 aliphatic carbocycles. The van der Waals surface area contributed by atoms with Gasteiger partial charge >= 0.3 is 0 Å². The van der Waals surface area contributed by atoms with Crippen LogP contribution in [0.1, 0.15) is 5.56 Å². The normalized spacial score (nSPS) is 10.5. The quantitative estimate of drug-likeness (QED) is 0.442. The van der Waals surface area contributed by atoms with Crippen LogP contribution in [-0.4, -0.2) is 0 Å². The first-order valence-corrected chi connectivity index (χ1v) is 7.95. The Balaban J connectivity index is 2.15. The lowest BCUT2D eigenvalue weighted by Crippen LogP contribution is -1.92. The van der Waals surface area contributed by atoms with Crippen LogP contribution in [0.3, 0.4) is 0 Å². The number of nitriles is 1. The summed E-state index contributed by atoms with van der Waals surface area (Å²) in [7, 11) is 0. The predicted octanol–water partition coefficient (Wildman–Crippen LogP) is 6.05. The third-order valence-corrected chi connectivity index (χ3v) is 4.31. The fourth-order valence-corrected chi connectivity index (χ4v) is 3.21. The molecule has 0 saturated heterocycles. The first-order chi connectivity index (χ1) is 11.9. The maximum atomic E-state index is 9.93. The monoisotopic (exact) mass is 305 g/mol. The Morgan fingerprint density at radius 1 is 0.625 bits per heavy atom. The largest absolute Gasteiger partial charge is 0.192 e. The van der Waals surface area contributed by atoms with Gasteiger partial charge in [-0.15, -0.1) is 0 Å². The van der Waals surface area contributed by atoms with Crippen molar-refractivity contribution in [3.63, 3.8) is 0 Å². The molecule has 0 unspecified atom stereocenters. The predicted molar refractivity (Wildman–Crippen MR) is 99.5 cm³/mol. The number of hydrogen-bond acceptors (Lipinski definition) is 1. The van der Waals surface area contributed by atoms with Gasteiger partial charge in [-0.25, -0.2) is 0 Å². The van der Waals surface area contributed by atoms with E-state index in [9.17, 15) is 5.26 Å². The molecule has 4 aromatic carbocycles. The third kappa shape index (κ3) is 2.35. The third-order valence-electron chi connectivity index (χ3n) is 4.31. The van der Waals surface area contributed by atoms with Gasteiger partial charge in [-0.2, -0.15) is 5.26 Å². The van der Waals surface area contributed by atoms with E-state index in [2.05, 4.69) is 48.5 Å². The van der Waals surface area contributed by atoms with Crippen LogP contribution in [0.25, 0.3) is 33.0 Å². The van der Waals surface area contributed by atoms with Crippen LogP contribution in [-0.2, 0) is 0 Å². The molecule has 0 heterocycles. The van der Waals surface area contributed by atoms with E-state index in [1.54, 1.807) is 0 Å². The van der Waals surface area contributed by atoms with Crippen molar-refractivity contribution in [1.82, 2.24) is 0 Å². The minimum Gasteiger partial charge on any atom is -0.192 e. The Bertz CT molecular complexity index is 1040. The molecule has 4 rings (SSSR count). The van der Waals surface area contributed by atoms with Gasteiger partial charge in [0.2, 0.25) is 0 Å². The van der Waals surface area contributed by atoms with Crippen molar-refractivity contribution >= 4 is 10.8 Å². The molecular formula is C23H15N. The molecular weight excluding hydrogens is 290 g/mol. The number of rotatable bonds is 2. The SMILES string of the molecule is N#Cc1c(-c2ccccc2)cc2ccccc2c1-c1ccccc1. The fourth-order valence-electron chi connectivity index (χ4n) is 3.21. The highest BCUT2D eigenvalue weighted by Gasteiger charge is 2.15. The fraction of sp³-hybridized carbons (Fsp3) is 0. The molecule has 0 amide bonds. The average molecular weight is 305 g/mol. The first-order valence-electron chi connectivity index (χ1n) is 7.95. The van der Waals surface area contributed by atoms with Crippen molar-refractivity contribution in [3.8, 4) is 28.3 Å². The van der Waals surface area contributed by atoms with E-state index < -0.39 is 0 Å². The van der Waals surface area contributed by atoms with E-state index in [1.165, 1.54) is 0 Å². The van der Waals surface area contributed by atoms with Crippen molar-refractivity contribution in [2.75, 3.05) is 0 Å². The molecule has 0 saturated carbocycles. The molecule has 0 spiro atoms. The zero-order valence-corrected chi connectivity index (χ0v) is 13.1. The van der Waals surface area contributed by atoms with Crippen molar-refractivity contribution < 1.29 is 0 Å². The van der Waals surface area contributed by atoms with Gasteiger partial charge in [0.15, 0.2) is 0 Å². The summed E-state index contributed by atoms with van der Waals surface area (Å²) in [6, 6.07) is 33.1. The van der Waals surface area contributed by atoms with Crippen molar-refractivity contribution in [1.29, 1.82) is 5.26 Å². The standard InChI is InChI=1S/C23H15N/c24-16-22-21(17-9-3-1-4-10-17)15-19-13-7-8-14-20(19)23(22)18-11-5-2-6-12-18/h1-15H. The van der Waals surface area contributed by atoms with Crippen molar-refractivity contribution in [2.45, 2.75) is 0 Å². The van der Waals surface area contributed by atoms with E-state index in [0.29, 0.717) is 0 Å². The smallest absolute Gasteiger partial charge is 0.100 e. The molecule has 0 fully saturated rings. The second-order valence-electron chi connectivity index (χ2n) is 5.74. The molecule has 0 aliphatic heterocycles. The van der Waals surface area contributed by atoms with Gasteiger partial charge in [-0.1, -0.05) is 84.9 Å². The highest BCUT2D eigenvalue weighted by atomic mass is 14.3. The number of nitrogens with zero attached hydrogens (tertiary/aromatic N) is 1. The van der Waals surface area contributed by atoms with Crippen molar-refractivity contribution in [2.24, 2.45) is 0 Å². The minimum absolute atomic E-state index is 0.728.